The van der Waals surface area contributed by atoms with E-state index in [-0.39, 0.29) is 0 Å². The molecule has 0 fully saturated rings. The third-order valence-corrected chi connectivity index (χ3v) is 4.15. The summed E-state index contributed by atoms with van der Waals surface area (Å²) in [5.74, 6) is 1.20. The van der Waals surface area contributed by atoms with Crippen LogP contribution in [0.15, 0.2) is 35.7 Å². The molecular weight excluding hydrogens is 188 g/mol. The number of aryl methyl sites for hydroxylation is 1. The van der Waals surface area contributed by atoms with E-state index in [9.17, 15) is 0 Å². The molecule has 0 N–H and O–H groups in total. The molecular formula is C13H16S. The van der Waals surface area contributed by atoms with E-state index in [0.717, 1.165) is 0 Å². The number of benzene rings is 1. The van der Waals surface area contributed by atoms with E-state index in [2.05, 4.69) is 49.6 Å². The Morgan fingerprint density at radius 2 is 2.07 bits per heavy atom. The van der Waals surface area contributed by atoms with Gasteiger partial charge in [0.05, 0.1) is 0 Å². The third-order valence-electron chi connectivity index (χ3n) is 2.96. The van der Waals surface area contributed by atoms with E-state index in [1.165, 1.54) is 23.3 Å². The normalized spacial score (nSPS) is 26.4. The number of rotatable bonds is 1. The van der Waals surface area contributed by atoms with Gasteiger partial charge in [0.15, 0.2) is 0 Å². The van der Waals surface area contributed by atoms with Crippen molar-refractivity contribution in [3.63, 3.8) is 0 Å². The average Bonchev–Trinajstić information content (AvgIpc) is 2.19. The summed E-state index contributed by atoms with van der Waals surface area (Å²) < 4.78 is 0. The SMILES string of the molecule is Cc1ccccc1C1(C)CC=CSC1. The van der Waals surface area contributed by atoms with Gasteiger partial charge in [-0.3, -0.25) is 0 Å². The zero-order valence-electron chi connectivity index (χ0n) is 8.79. The van der Waals surface area contributed by atoms with E-state index in [1.54, 1.807) is 0 Å². The molecule has 74 valence electrons. The zero-order chi connectivity index (χ0) is 10.0. The number of allylic oxidation sites excluding steroid dienone is 1. The summed E-state index contributed by atoms with van der Waals surface area (Å²) in [7, 11) is 0. The number of thioether (sulfide) groups is 1. The van der Waals surface area contributed by atoms with Crippen molar-refractivity contribution in [2.24, 2.45) is 0 Å². The lowest BCUT2D eigenvalue weighted by atomic mass is 9.79. The van der Waals surface area contributed by atoms with Crippen molar-refractivity contribution in [2.45, 2.75) is 25.7 Å². The Balaban J connectivity index is 2.38. The summed E-state index contributed by atoms with van der Waals surface area (Å²) in [5.41, 5.74) is 3.27. The highest BCUT2D eigenvalue weighted by Gasteiger charge is 2.28. The Bertz CT molecular complexity index is 354. The second-order valence-electron chi connectivity index (χ2n) is 4.26. The summed E-state index contributed by atoms with van der Waals surface area (Å²) in [6.07, 6.45) is 3.46. The quantitative estimate of drug-likeness (QED) is 0.668. The van der Waals surface area contributed by atoms with Crippen LogP contribution in [0.5, 0.6) is 0 Å². The van der Waals surface area contributed by atoms with Gasteiger partial charge in [0, 0.05) is 11.2 Å². The highest BCUT2D eigenvalue weighted by atomic mass is 32.2. The van der Waals surface area contributed by atoms with Crippen molar-refractivity contribution in [1.29, 1.82) is 0 Å². The Hall–Kier alpha value is -0.690. The molecule has 0 aliphatic carbocycles. The summed E-state index contributed by atoms with van der Waals surface area (Å²) in [4.78, 5) is 0. The van der Waals surface area contributed by atoms with Gasteiger partial charge in [-0.1, -0.05) is 37.3 Å². The van der Waals surface area contributed by atoms with E-state index >= 15 is 0 Å². The van der Waals surface area contributed by atoms with Crippen molar-refractivity contribution >= 4 is 11.8 Å². The molecule has 0 bridgehead atoms. The average molecular weight is 204 g/mol. The molecule has 0 nitrogen and oxygen atoms in total. The molecule has 0 saturated carbocycles. The molecule has 0 radical (unpaired) electrons. The first-order valence-corrected chi connectivity index (χ1v) is 6.10. The topological polar surface area (TPSA) is 0 Å². The fourth-order valence-corrected chi connectivity index (χ4v) is 3.07. The van der Waals surface area contributed by atoms with Crippen LogP contribution in [0.3, 0.4) is 0 Å². The van der Waals surface area contributed by atoms with Crippen LogP contribution in [-0.4, -0.2) is 5.75 Å². The van der Waals surface area contributed by atoms with E-state index < -0.39 is 0 Å². The lowest BCUT2D eigenvalue weighted by Crippen LogP contribution is -2.26. The lowest BCUT2D eigenvalue weighted by molar-refractivity contribution is 0.539. The largest absolute Gasteiger partial charge is 0.134 e. The maximum Gasteiger partial charge on any atom is 0.00717 e. The second-order valence-corrected chi connectivity index (χ2v) is 5.16. The molecule has 1 aromatic carbocycles. The van der Waals surface area contributed by atoms with Crippen LogP contribution in [-0.2, 0) is 5.41 Å². The zero-order valence-corrected chi connectivity index (χ0v) is 9.60. The molecule has 0 aromatic heterocycles. The smallest absolute Gasteiger partial charge is 0.00717 e. The van der Waals surface area contributed by atoms with Crippen LogP contribution in [0, 0.1) is 6.92 Å². The Labute approximate surface area is 90.4 Å². The van der Waals surface area contributed by atoms with Crippen LogP contribution in [0.25, 0.3) is 0 Å². The van der Waals surface area contributed by atoms with Gasteiger partial charge in [0.2, 0.25) is 0 Å². The molecule has 0 amide bonds. The minimum atomic E-state index is 0.338. The van der Waals surface area contributed by atoms with Gasteiger partial charge in [-0.15, -0.1) is 11.8 Å². The first-order valence-electron chi connectivity index (χ1n) is 5.05. The van der Waals surface area contributed by atoms with Gasteiger partial charge >= 0.3 is 0 Å². The fourth-order valence-electron chi connectivity index (χ4n) is 2.11. The maximum atomic E-state index is 2.37. The highest BCUT2D eigenvalue weighted by molar-refractivity contribution is 8.02. The Morgan fingerprint density at radius 1 is 1.29 bits per heavy atom. The van der Waals surface area contributed by atoms with E-state index in [4.69, 9.17) is 0 Å². The molecule has 1 atom stereocenters. The molecule has 1 heteroatoms. The summed E-state index contributed by atoms with van der Waals surface area (Å²) in [6.45, 7) is 4.58. The minimum Gasteiger partial charge on any atom is -0.134 e. The lowest BCUT2D eigenvalue weighted by Gasteiger charge is -2.32. The predicted molar refractivity (Wildman–Crippen MR) is 64.7 cm³/mol. The van der Waals surface area contributed by atoms with Crippen LogP contribution in [0.1, 0.15) is 24.5 Å². The van der Waals surface area contributed by atoms with Gasteiger partial charge < -0.3 is 0 Å². The molecule has 1 heterocycles. The molecule has 1 aliphatic rings. The van der Waals surface area contributed by atoms with Gasteiger partial charge in [0.1, 0.15) is 0 Å². The van der Waals surface area contributed by atoms with Gasteiger partial charge in [-0.05, 0) is 29.9 Å². The van der Waals surface area contributed by atoms with Crippen LogP contribution < -0.4 is 0 Å². The predicted octanol–water partition coefficient (Wildman–Crippen LogP) is 3.90. The number of hydrogen-bond acceptors (Lipinski definition) is 1. The highest BCUT2D eigenvalue weighted by Crippen LogP contribution is 2.37. The van der Waals surface area contributed by atoms with Crippen molar-refractivity contribution in [1.82, 2.24) is 0 Å². The fraction of sp³-hybridized carbons (Fsp3) is 0.385. The Kier molecular flexibility index (Phi) is 2.69. The van der Waals surface area contributed by atoms with Crippen molar-refractivity contribution in [2.75, 3.05) is 5.75 Å². The summed E-state index contributed by atoms with van der Waals surface area (Å²) >= 11 is 1.92. The van der Waals surface area contributed by atoms with Crippen molar-refractivity contribution in [3.05, 3.63) is 46.9 Å². The maximum absolute atomic E-state index is 2.37. The first kappa shape index (κ1) is 9.85. The minimum absolute atomic E-state index is 0.338. The van der Waals surface area contributed by atoms with Crippen molar-refractivity contribution < 1.29 is 0 Å². The second kappa shape index (κ2) is 3.82. The Morgan fingerprint density at radius 3 is 2.71 bits per heavy atom. The van der Waals surface area contributed by atoms with Gasteiger partial charge in [0.25, 0.3) is 0 Å². The first-order chi connectivity index (χ1) is 6.72. The molecule has 0 saturated heterocycles. The van der Waals surface area contributed by atoms with Crippen LogP contribution in [0.2, 0.25) is 0 Å². The summed E-state index contributed by atoms with van der Waals surface area (Å²) in [6, 6.07) is 8.75. The molecule has 0 spiro atoms. The van der Waals surface area contributed by atoms with Crippen LogP contribution in [0.4, 0.5) is 0 Å². The van der Waals surface area contributed by atoms with Crippen molar-refractivity contribution in [3.8, 4) is 0 Å². The standard InChI is InChI=1S/C13H16S/c1-11-6-3-4-7-12(11)13(2)8-5-9-14-10-13/h3-7,9H,8,10H2,1-2H3. The summed E-state index contributed by atoms with van der Waals surface area (Å²) in [5, 5.41) is 2.22. The molecule has 1 unspecified atom stereocenters. The van der Waals surface area contributed by atoms with Gasteiger partial charge in [-0.25, -0.2) is 0 Å². The van der Waals surface area contributed by atoms with E-state index in [0.29, 0.717) is 5.41 Å². The molecule has 14 heavy (non-hydrogen) atoms. The monoisotopic (exact) mass is 204 g/mol. The third kappa shape index (κ3) is 1.74. The van der Waals surface area contributed by atoms with Gasteiger partial charge in [-0.2, -0.15) is 0 Å². The van der Waals surface area contributed by atoms with Crippen LogP contribution >= 0.6 is 11.8 Å². The molecule has 2 rings (SSSR count). The van der Waals surface area contributed by atoms with E-state index in [1.807, 2.05) is 11.8 Å². The molecule has 1 aliphatic heterocycles. The molecule has 1 aromatic rings. The number of hydrogen-bond donors (Lipinski definition) is 0.